The van der Waals surface area contributed by atoms with Gasteiger partial charge >= 0.3 is 35.6 Å². The Hall–Kier alpha value is 1.25. The van der Waals surface area contributed by atoms with E-state index >= 15 is 0 Å². The molecule has 1 aliphatic rings. The van der Waals surface area contributed by atoms with Crippen LogP contribution in [0.15, 0.2) is 0 Å². The van der Waals surface area contributed by atoms with E-state index < -0.39 is 17.0 Å². The minimum atomic E-state index is -0.556. The minimum absolute atomic E-state index is 0.499. The zero-order valence-corrected chi connectivity index (χ0v) is 13.3. The van der Waals surface area contributed by atoms with Crippen LogP contribution in [-0.4, -0.2) is 6.04 Å². The number of halogens is 2. The van der Waals surface area contributed by atoms with Crippen LogP contribution in [0.2, 0.25) is 0 Å². The van der Waals surface area contributed by atoms with Crippen molar-refractivity contribution < 1.29 is 17.0 Å². The molecule has 0 aromatic carbocycles. The molecule has 4 heteroatoms. The van der Waals surface area contributed by atoms with Gasteiger partial charge in [0.2, 0.25) is 0 Å². The molecule has 0 spiro atoms. The predicted octanol–water partition coefficient (Wildman–Crippen LogP) is 4.99. The van der Waals surface area contributed by atoms with E-state index in [-0.39, 0.29) is 0 Å². The third-order valence-electron chi connectivity index (χ3n) is 3.15. The molecule has 0 amide bonds. The molecule has 0 aromatic heterocycles. The predicted molar refractivity (Wildman–Crippen MR) is 70.5 cm³/mol. The van der Waals surface area contributed by atoms with E-state index in [1.807, 2.05) is 0 Å². The molecule has 0 heterocycles. The van der Waals surface area contributed by atoms with Gasteiger partial charge in [-0.15, -0.1) is 0 Å². The van der Waals surface area contributed by atoms with Gasteiger partial charge in [-0.3, -0.25) is 0 Å². The summed E-state index contributed by atoms with van der Waals surface area (Å²) in [5, 5.41) is 0. The number of hydrogen-bond acceptors (Lipinski definition) is 1. The van der Waals surface area contributed by atoms with E-state index in [4.69, 9.17) is 24.3 Å². The Morgan fingerprint density at radius 1 is 0.688 bits per heavy atom. The summed E-state index contributed by atoms with van der Waals surface area (Å²) in [5.74, 6) is 0. The Morgan fingerprint density at radius 3 is 1.25 bits per heavy atom. The average molecular weight is 302 g/mol. The molecule has 0 radical (unpaired) electrons. The molecule has 2 N–H and O–H groups in total. The maximum atomic E-state index is 6.01. The van der Waals surface area contributed by atoms with Crippen LogP contribution in [0.25, 0.3) is 0 Å². The van der Waals surface area contributed by atoms with Crippen LogP contribution in [0.3, 0.4) is 0 Å². The average Bonchev–Trinajstić information content (AvgIpc) is 2.24. The molecule has 1 rings (SSSR count). The number of nitrogens with two attached hydrogens (primary N) is 1. The van der Waals surface area contributed by atoms with Gasteiger partial charge in [-0.05, 0) is 12.8 Å². The van der Waals surface area contributed by atoms with Gasteiger partial charge in [0.25, 0.3) is 0 Å². The quantitative estimate of drug-likeness (QED) is 0.626. The third kappa shape index (κ3) is 13.3. The van der Waals surface area contributed by atoms with Crippen molar-refractivity contribution in [1.82, 2.24) is 0 Å². The third-order valence-corrected chi connectivity index (χ3v) is 3.15. The van der Waals surface area contributed by atoms with Crippen LogP contribution in [0.4, 0.5) is 0 Å². The molecule has 1 aliphatic carbocycles. The second-order valence-electron chi connectivity index (χ2n) is 4.59. The van der Waals surface area contributed by atoms with Crippen molar-refractivity contribution in [3.8, 4) is 0 Å². The molecule has 1 fully saturated rings. The van der Waals surface area contributed by atoms with Crippen molar-refractivity contribution in [3.63, 3.8) is 0 Å². The first-order chi connectivity index (χ1) is 7.81. The van der Waals surface area contributed by atoms with Gasteiger partial charge in [-0.1, -0.05) is 57.8 Å². The van der Waals surface area contributed by atoms with Crippen molar-refractivity contribution in [2.75, 3.05) is 0 Å². The number of hydrogen-bond donors (Lipinski definition) is 1. The van der Waals surface area contributed by atoms with E-state index in [2.05, 4.69) is 0 Å². The fraction of sp³-hybridized carbons (Fsp3) is 1.00. The Balaban J connectivity index is 0.000000673. The first kappa shape index (κ1) is 17.3. The summed E-state index contributed by atoms with van der Waals surface area (Å²) in [4.78, 5) is 0. The van der Waals surface area contributed by atoms with E-state index in [0.717, 1.165) is 0 Å². The first-order valence-corrected chi connectivity index (χ1v) is 10.8. The van der Waals surface area contributed by atoms with E-state index in [1.165, 1.54) is 70.6 Å². The molecule has 96 valence electrons. The summed E-state index contributed by atoms with van der Waals surface area (Å²) < 4.78 is 0. The molecule has 1 nitrogen and oxygen atoms in total. The Morgan fingerprint density at radius 2 is 0.938 bits per heavy atom. The van der Waals surface area contributed by atoms with Gasteiger partial charge in [0.1, 0.15) is 0 Å². The zero-order chi connectivity index (χ0) is 12.1. The van der Waals surface area contributed by atoms with E-state index in [1.54, 1.807) is 0 Å². The van der Waals surface area contributed by atoms with Gasteiger partial charge in [0.15, 0.2) is 0 Å². The Kier molecular flexibility index (Phi) is 15.4. The van der Waals surface area contributed by atoms with E-state index in [0.29, 0.717) is 6.04 Å². The SMILES string of the molecule is NC1CCCCCCCCCCC1.[Cl][Ti][Cl]. The molecule has 0 aliphatic heterocycles. The molecule has 1 saturated carbocycles. The molecular formula is C12H25Cl2NTi. The molecule has 16 heavy (non-hydrogen) atoms. The molecule has 0 unspecified atom stereocenters. The molecule has 0 aromatic rings. The van der Waals surface area contributed by atoms with Crippen LogP contribution in [-0.2, 0) is 17.0 Å². The summed E-state index contributed by atoms with van der Waals surface area (Å²) in [6, 6.07) is 0.499. The Labute approximate surface area is 118 Å². The van der Waals surface area contributed by atoms with Crippen molar-refractivity contribution in [2.24, 2.45) is 5.73 Å². The topological polar surface area (TPSA) is 26.0 Å². The van der Waals surface area contributed by atoms with Gasteiger partial charge in [-0.2, -0.15) is 0 Å². The normalized spacial score (nSPS) is 20.9. The van der Waals surface area contributed by atoms with Crippen molar-refractivity contribution in [2.45, 2.75) is 76.7 Å². The fourth-order valence-corrected chi connectivity index (χ4v) is 2.19. The van der Waals surface area contributed by atoms with Gasteiger partial charge in [-0.25, -0.2) is 0 Å². The molecular weight excluding hydrogens is 277 g/mol. The van der Waals surface area contributed by atoms with Crippen LogP contribution in [0.5, 0.6) is 0 Å². The summed E-state index contributed by atoms with van der Waals surface area (Å²) in [5.41, 5.74) is 6.01. The molecule has 0 saturated heterocycles. The van der Waals surface area contributed by atoms with Crippen LogP contribution in [0.1, 0.15) is 70.6 Å². The zero-order valence-electron chi connectivity index (χ0n) is 10.2. The van der Waals surface area contributed by atoms with E-state index in [9.17, 15) is 0 Å². The van der Waals surface area contributed by atoms with Gasteiger partial charge in [0, 0.05) is 6.04 Å². The summed E-state index contributed by atoms with van der Waals surface area (Å²) in [6.45, 7) is 0. The molecule has 0 atom stereocenters. The van der Waals surface area contributed by atoms with Crippen molar-refractivity contribution in [1.29, 1.82) is 0 Å². The van der Waals surface area contributed by atoms with Crippen LogP contribution >= 0.6 is 18.6 Å². The maximum absolute atomic E-state index is 6.01. The van der Waals surface area contributed by atoms with Crippen LogP contribution < -0.4 is 5.73 Å². The summed E-state index contributed by atoms with van der Waals surface area (Å²) in [7, 11) is 9.78. The standard InChI is InChI=1S/C12H25N.2ClH.Ti/c13-12-10-8-6-4-2-1-3-5-7-9-11-12;;;/h12H,1-11,13H2;2*1H;/q;;;+2/p-2. The first-order valence-electron chi connectivity index (χ1n) is 6.53. The van der Waals surface area contributed by atoms with Crippen molar-refractivity contribution >= 4 is 18.6 Å². The molecule has 0 bridgehead atoms. The number of rotatable bonds is 0. The van der Waals surface area contributed by atoms with Gasteiger partial charge < -0.3 is 5.73 Å². The van der Waals surface area contributed by atoms with Crippen molar-refractivity contribution in [3.05, 3.63) is 0 Å². The second-order valence-corrected chi connectivity index (χ2v) is 7.17. The Bertz CT molecular complexity index is 124. The second kappa shape index (κ2) is 14.3. The van der Waals surface area contributed by atoms with Gasteiger partial charge in [0.05, 0.1) is 0 Å². The fourth-order valence-electron chi connectivity index (χ4n) is 2.19. The van der Waals surface area contributed by atoms with Crippen LogP contribution in [0, 0.1) is 0 Å². The monoisotopic (exact) mass is 301 g/mol. The summed E-state index contributed by atoms with van der Waals surface area (Å²) in [6.07, 6.45) is 15.3. The summed E-state index contributed by atoms with van der Waals surface area (Å²) >= 11 is -0.556.